The number of carbonyl (C=O) groups is 1. The lowest BCUT2D eigenvalue weighted by molar-refractivity contribution is -0.150. The Morgan fingerprint density at radius 2 is 1.48 bits per heavy atom. The van der Waals surface area contributed by atoms with Crippen LogP contribution in [-0.4, -0.2) is 47.8 Å². The van der Waals surface area contributed by atoms with E-state index in [1.807, 2.05) is 0 Å². The van der Waals surface area contributed by atoms with Crippen molar-refractivity contribution in [3.63, 3.8) is 0 Å². The summed E-state index contributed by atoms with van der Waals surface area (Å²) in [6.07, 6.45) is -9.77. The number of rotatable bonds is 2. The van der Waals surface area contributed by atoms with E-state index in [-0.39, 0.29) is 24.8 Å². The molecule has 0 bridgehead atoms. The van der Waals surface area contributed by atoms with Gasteiger partial charge >= 0.3 is 18.4 Å². The van der Waals surface area contributed by atoms with Crippen LogP contribution < -0.4 is 4.90 Å². The lowest BCUT2D eigenvalue weighted by Crippen LogP contribution is -2.47. The smallest absolute Gasteiger partial charge is 0.433 e. The number of carbonyl (C=O) groups excluding carboxylic acids is 1. The SMILES string of the molecule is CN(C(=O)OC(C)(C)C)C1CCN(c2cc(C(F)(F)F)nc(C(F)(F)F)c2)CC1. The van der Waals surface area contributed by atoms with E-state index in [0.29, 0.717) is 25.0 Å². The van der Waals surface area contributed by atoms with Crippen molar-refractivity contribution in [2.45, 2.75) is 57.6 Å². The largest absolute Gasteiger partial charge is 0.444 e. The molecule has 1 aromatic heterocycles. The van der Waals surface area contributed by atoms with Crippen molar-refractivity contribution in [2.75, 3.05) is 25.0 Å². The average molecular weight is 427 g/mol. The zero-order chi connectivity index (χ0) is 22.2. The molecule has 164 valence electrons. The minimum absolute atomic E-state index is 0.191. The Morgan fingerprint density at radius 3 is 1.86 bits per heavy atom. The number of piperidine rings is 1. The molecule has 5 nitrogen and oxygen atoms in total. The van der Waals surface area contributed by atoms with Gasteiger partial charge in [-0.1, -0.05) is 0 Å². The van der Waals surface area contributed by atoms with Gasteiger partial charge in [0.25, 0.3) is 0 Å². The van der Waals surface area contributed by atoms with Gasteiger partial charge in [-0.25, -0.2) is 9.78 Å². The maximum atomic E-state index is 13.0. The second-order valence-corrected chi connectivity index (χ2v) is 7.90. The van der Waals surface area contributed by atoms with Gasteiger partial charge < -0.3 is 14.5 Å². The monoisotopic (exact) mass is 427 g/mol. The molecule has 1 saturated heterocycles. The molecular formula is C18H23F6N3O2. The van der Waals surface area contributed by atoms with E-state index in [1.54, 1.807) is 27.8 Å². The fourth-order valence-corrected chi connectivity index (χ4v) is 2.98. The zero-order valence-corrected chi connectivity index (χ0v) is 16.5. The molecule has 0 spiro atoms. The van der Waals surface area contributed by atoms with Crippen molar-refractivity contribution in [3.05, 3.63) is 23.5 Å². The normalized spacial score (nSPS) is 16.7. The van der Waals surface area contributed by atoms with E-state index in [0.717, 1.165) is 0 Å². The van der Waals surface area contributed by atoms with Crippen molar-refractivity contribution in [2.24, 2.45) is 0 Å². The third kappa shape index (κ3) is 6.14. The van der Waals surface area contributed by atoms with Crippen LogP contribution in [-0.2, 0) is 17.1 Å². The summed E-state index contributed by atoms with van der Waals surface area (Å²) in [4.78, 5) is 17.7. The molecular weight excluding hydrogens is 404 g/mol. The number of ether oxygens (including phenoxy) is 1. The molecule has 0 radical (unpaired) electrons. The van der Waals surface area contributed by atoms with Gasteiger partial charge in [-0.15, -0.1) is 0 Å². The molecule has 1 amide bonds. The van der Waals surface area contributed by atoms with Gasteiger partial charge in [0.15, 0.2) is 0 Å². The molecule has 1 aliphatic heterocycles. The van der Waals surface area contributed by atoms with Gasteiger partial charge in [0.05, 0.1) is 0 Å². The zero-order valence-electron chi connectivity index (χ0n) is 16.5. The van der Waals surface area contributed by atoms with Crippen LogP contribution in [0, 0.1) is 0 Å². The Kier molecular flexibility index (Phi) is 6.29. The Hall–Kier alpha value is -2.20. The first-order valence-corrected chi connectivity index (χ1v) is 8.95. The molecule has 1 fully saturated rings. The van der Waals surface area contributed by atoms with Crippen LogP contribution >= 0.6 is 0 Å². The highest BCUT2D eigenvalue weighted by Crippen LogP contribution is 2.36. The Balaban J connectivity index is 2.15. The maximum Gasteiger partial charge on any atom is 0.433 e. The summed E-state index contributed by atoms with van der Waals surface area (Å²) in [6.45, 7) is 5.55. The molecule has 0 saturated carbocycles. The summed E-state index contributed by atoms with van der Waals surface area (Å²) in [7, 11) is 1.56. The number of hydrogen-bond donors (Lipinski definition) is 0. The average Bonchev–Trinajstić information content (AvgIpc) is 2.58. The molecule has 1 aromatic rings. The van der Waals surface area contributed by atoms with Crippen molar-refractivity contribution in [3.8, 4) is 0 Å². The minimum atomic E-state index is -4.99. The first-order valence-electron chi connectivity index (χ1n) is 8.95. The molecule has 0 aromatic carbocycles. The van der Waals surface area contributed by atoms with E-state index >= 15 is 0 Å². The van der Waals surface area contributed by atoms with E-state index in [1.165, 1.54) is 9.80 Å². The van der Waals surface area contributed by atoms with Crippen LogP contribution in [0.15, 0.2) is 12.1 Å². The van der Waals surface area contributed by atoms with Gasteiger partial charge in [-0.05, 0) is 45.7 Å². The number of aromatic nitrogens is 1. The maximum absolute atomic E-state index is 13.0. The van der Waals surface area contributed by atoms with Crippen molar-refractivity contribution >= 4 is 11.8 Å². The second kappa shape index (κ2) is 7.91. The molecule has 0 aliphatic carbocycles. The van der Waals surface area contributed by atoms with Crippen LogP contribution in [0.4, 0.5) is 36.8 Å². The van der Waals surface area contributed by atoms with Gasteiger partial charge in [0.2, 0.25) is 0 Å². The predicted octanol–water partition coefficient (Wildman–Crippen LogP) is 4.95. The van der Waals surface area contributed by atoms with Crippen LogP contribution in [0.25, 0.3) is 0 Å². The van der Waals surface area contributed by atoms with Crippen LogP contribution in [0.3, 0.4) is 0 Å². The number of hydrogen-bond acceptors (Lipinski definition) is 4. The minimum Gasteiger partial charge on any atom is -0.444 e. The van der Waals surface area contributed by atoms with E-state index in [2.05, 4.69) is 4.98 Å². The molecule has 0 atom stereocenters. The van der Waals surface area contributed by atoms with Crippen molar-refractivity contribution < 1.29 is 35.9 Å². The Labute approximate surface area is 164 Å². The van der Waals surface area contributed by atoms with Gasteiger partial charge in [0, 0.05) is 31.9 Å². The summed E-state index contributed by atoms with van der Waals surface area (Å²) >= 11 is 0. The fraction of sp³-hybridized carbons (Fsp3) is 0.667. The number of halogens is 6. The number of amides is 1. The molecule has 0 N–H and O–H groups in total. The lowest BCUT2D eigenvalue weighted by atomic mass is 10.0. The standard InChI is InChI=1S/C18H23F6N3O2/c1-16(2,3)29-15(28)26(4)11-5-7-27(8-6-11)12-9-13(17(19,20)21)25-14(10-12)18(22,23)24/h9-11H,5-8H2,1-4H3. The predicted molar refractivity (Wildman–Crippen MR) is 93.5 cm³/mol. The first-order chi connectivity index (χ1) is 13.1. The summed E-state index contributed by atoms with van der Waals surface area (Å²) in [5.41, 5.74) is -4.05. The van der Waals surface area contributed by atoms with Crippen molar-refractivity contribution in [1.29, 1.82) is 0 Å². The van der Waals surface area contributed by atoms with Gasteiger partial charge in [-0.2, -0.15) is 26.3 Å². The molecule has 29 heavy (non-hydrogen) atoms. The molecule has 2 rings (SSSR count). The fourth-order valence-electron chi connectivity index (χ4n) is 2.98. The number of pyridine rings is 1. The summed E-state index contributed by atoms with van der Waals surface area (Å²) in [5, 5.41) is 0. The quantitative estimate of drug-likeness (QED) is 0.627. The highest BCUT2D eigenvalue weighted by Gasteiger charge is 2.39. The molecule has 2 heterocycles. The van der Waals surface area contributed by atoms with Crippen molar-refractivity contribution in [1.82, 2.24) is 9.88 Å². The number of nitrogens with zero attached hydrogens (tertiary/aromatic N) is 3. The Bertz CT molecular complexity index is 702. The van der Waals surface area contributed by atoms with E-state index in [4.69, 9.17) is 4.74 Å². The summed E-state index contributed by atoms with van der Waals surface area (Å²) in [5.74, 6) is 0. The lowest BCUT2D eigenvalue weighted by Gasteiger charge is -2.38. The summed E-state index contributed by atoms with van der Waals surface area (Å²) < 4.78 is 83.2. The van der Waals surface area contributed by atoms with Crippen LogP contribution in [0.2, 0.25) is 0 Å². The number of alkyl halides is 6. The van der Waals surface area contributed by atoms with Gasteiger partial charge in [0.1, 0.15) is 17.0 Å². The second-order valence-electron chi connectivity index (χ2n) is 7.90. The molecule has 11 heteroatoms. The molecule has 0 unspecified atom stereocenters. The van der Waals surface area contributed by atoms with Crippen LogP contribution in [0.1, 0.15) is 45.0 Å². The van der Waals surface area contributed by atoms with Gasteiger partial charge in [-0.3, -0.25) is 0 Å². The topological polar surface area (TPSA) is 45.7 Å². The third-order valence-electron chi connectivity index (χ3n) is 4.45. The molecule has 1 aliphatic rings. The van der Waals surface area contributed by atoms with Crippen LogP contribution in [0.5, 0.6) is 0 Å². The first kappa shape index (κ1) is 23.1. The highest BCUT2D eigenvalue weighted by molar-refractivity contribution is 5.68. The van der Waals surface area contributed by atoms with E-state index < -0.39 is 35.4 Å². The van der Waals surface area contributed by atoms with E-state index in [9.17, 15) is 31.1 Å². The number of anilines is 1. The summed E-state index contributed by atoms with van der Waals surface area (Å²) in [6, 6.07) is 1.01. The highest BCUT2D eigenvalue weighted by atomic mass is 19.4. The third-order valence-corrected chi connectivity index (χ3v) is 4.45. The Morgan fingerprint density at radius 1 is 1.03 bits per heavy atom.